The van der Waals surface area contributed by atoms with Gasteiger partial charge in [-0.15, -0.1) is 0 Å². The highest BCUT2D eigenvalue weighted by atomic mass is 16.5. The number of esters is 1. The molecule has 1 saturated carbocycles. The van der Waals surface area contributed by atoms with Gasteiger partial charge in [-0.1, -0.05) is 24.3 Å². The van der Waals surface area contributed by atoms with E-state index >= 15 is 0 Å². The summed E-state index contributed by atoms with van der Waals surface area (Å²) < 4.78 is 5.42. The second-order valence-electron chi connectivity index (χ2n) is 7.04. The standard InChI is InChI=1S/C23H23N3O2/c1-15(27)28-23-13-17(16-7-8-16)9-11-22(23)26-19-10-12-21(20(24)14-19)25-18-5-3-2-4-6-18/h2-6,9-14,16,25-26H,7-8,24H2,1H3. The Morgan fingerprint density at radius 1 is 0.929 bits per heavy atom. The zero-order valence-corrected chi connectivity index (χ0v) is 15.7. The van der Waals surface area contributed by atoms with Crippen molar-refractivity contribution in [3.8, 4) is 5.75 Å². The van der Waals surface area contributed by atoms with E-state index in [4.69, 9.17) is 10.5 Å². The molecule has 5 nitrogen and oxygen atoms in total. The number of ether oxygens (including phenoxy) is 1. The normalized spacial score (nSPS) is 13.0. The van der Waals surface area contributed by atoms with Crippen molar-refractivity contribution in [1.82, 2.24) is 0 Å². The lowest BCUT2D eigenvalue weighted by atomic mass is 10.1. The van der Waals surface area contributed by atoms with Crippen LogP contribution in [0.3, 0.4) is 0 Å². The highest BCUT2D eigenvalue weighted by Crippen LogP contribution is 2.43. The van der Waals surface area contributed by atoms with Crippen molar-refractivity contribution < 1.29 is 9.53 Å². The van der Waals surface area contributed by atoms with Crippen LogP contribution < -0.4 is 21.1 Å². The molecule has 0 aromatic heterocycles. The second-order valence-corrected chi connectivity index (χ2v) is 7.04. The summed E-state index contributed by atoms with van der Waals surface area (Å²) in [6.07, 6.45) is 2.39. The zero-order chi connectivity index (χ0) is 19.5. The average molecular weight is 373 g/mol. The molecule has 0 spiro atoms. The van der Waals surface area contributed by atoms with Crippen LogP contribution >= 0.6 is 0 Å². The summed E-state index contributed by atoms with van der Waals surface area (Å²) in [5, 5.41) is 6.62. The van der Waals surface area contributed by atoms with Gasteiger partial charge in [0.05, 0.1) is 17.1 Å². The minimum Gasteiger partial charge on any atom is -0.424 e. The molecule has 28 heavy (non-hydrogen) atoms. The van der Waals surface area contributed by atoms with E-state index in [0.717, 1.165) is 22.7 Å². The molecule has 5 heteroatoms. The fraction of sp³-hybridized carbons (Fsp3) is 0.174. The van der Waals surface area contributed by atoms with Crippen LogP contribution in [0, 0.1) is 0 Å². The third kappa shape index (κ3) is 4.26. The molecule has 1 aliphatic rings. The number of hydrogen-bond acceptors (Lipinski definition) is 5. The van der Waals surface area contributed by atoms with E-state index in [0.29, 0.717) is 17.4 Å². The predicted octanol–water partition coefficient (Wildman–Crippen LogP) is 5.56. The van der Waals surface area contributed by atoms with Gasteiger partial charge in [-0.05, 0) is 66.8 Å². The quantitative estimate of drug-likeness (QED) is 0.300. The third-order valence-corrected chi connectivity index (χ3v) is 4.69. The Hall–Kier alpha value is -3.47. The molecule has 3 aromatic carbocycles. The molecule has 0 saturated heterocycles. The molecule has 4 N–H and O–H groups in total. The van der Waals surface area contributed by atoms with Gasteiger partial charge in [0.1, 0.15) is 0 Å². The largest absolute Gasteiger partial charge is 0.424 e. The molecule has 4 rings (SSSR count). The van der Waals surface area contributed by atoms with Crippen LogP contribution in [0.15, 0.2) is 66.7 Å². The maximum absolute atomic E-state index is 11.5. The summed E-state index contributed by atoms with van der Waals surface area (Å²) in [7, 11) is 0. The number of hydrogen-bond donors (Lipinski definition) is 3. The minimum atomic E-state index is -0.335. The van der Waals surface area contributed by atoms with E-state index in [2.05, 4.69) is 16.7 Å². The van der Waals surface area contributed by atoms with Crippen LogP contribution in [0.1, 0.15) is 31.2 Å². The number of carbonyl (C=O) groups excluding carboxylic acids is 1. The first kappa shape index (κ1) is 17.9. The van der Waals surface area contributed by atoms with Crippen LogP contribution in [-0.4, -0.2) is 5.97 Å². The fourth-order valence-electron chi connectivity index (χ4n) is 3.14. The van der Waals surface area contributed by atoms with E-state index in [1.165, 1.54) is 25.3 Å². The summed E-state index contributed by atoms with van der Waals surface area (Å²) >= 11 is 0. The number of nitrogens with one attached hydrogen (secondary N) is 2. The number of nitrogens with two attached hydrogens (primary N) is 1. The van der Waals surface area contributed by atoms with Gasteiger partial charge >= 0.3 is 5.97 Å². The summed E-state index contributed by atoms with van der Waals surface area (Å²) in [5.41, 5.74) is 11.4. The van der Waals surface area contributed by atoms with Crippen molar-refractivity contribution in [2.75, 3.05) is 16.4 Å². The van der Waals surface area contributed by atoms with E-state index in [1.807, 2.05) is 60.7 Å². The van der Waals surface area contributed by atoms with Gasteiger partial charge in [0, 0.05) is 18.3 Å². The van der Waals surface area contributed by atoms with Gasteiger partial charge < -0.3 is 21.1 Å². The van der Waals surface area contributed by atoms with Gasteiger partial charge in [0.2, 0.25) is 0 Å². The predicted molar refractivity (Wildman–Crippen MR) is 114 cm³/mol. The van der Waals surface area contributed by atoms with Gasteiger partial charge in [0.25, 0.3) is 0 Å². The maximum Gasteiger partial charge on any atom is 0.308 e. The Kier molecular flexibility index (Phi) is 4.89. The molecule has 3 aromatic rings. The SMILES string of the molecule is CC(=O)Oc1cc(C2CC2)ccc1Nc1ccc(Nc2ccccc2)c(N)c1. The minimum absolute atomic E-state index is 0.335. The highest BCUT2D eigenvalue weighted by molar-refractivity contribution is 5.80. The second kappa shape index (κ2) is 7.64. The first-order chi connectivity index (χ1) is 13.6. The van der Waals surface area contributed by atoms with Crippen molar-refractivity contribution in [1.29, 1.82) is 0 Å². The Balaban J connectivity index is 1.55. The lowest BCUT2D eigenvalue weighted by Gasteiger charge is -2.15. The number of rotatable bonds is 6. The van der Waals surface area contributed by atoms with Crippen LogP contribution in [0.5, 0.6) is 5.75 Å². The van der Waals surface area contributed by atoms with E-state index in [9.17, 15) is 4.79 Å². The van der Waals surface area contributed by atoms with Gasteiger partial charge in [0.15, 0.2) is 5.75 Å². The molecule has 0 atom stereocenters. The molecule has 0 bridgehead atoms. The van der Waals surface area contributed by atoms with Crippen LogP contribution in [0.4, 0.5) is 28.4 Å². The number of carbonyl (C=O) groups is 1. The molecule has 0 unspecified atom stereocenters. The van der Waals surface area contributed by atoms with Crippen molar-refractivity contribution >= 4 is 34.4 Å². The first-order valence-electron chi connectivity index (χ1n) is 9.39. The van der Waals surface area contributed by atoms with Crippen LogP contribution in [0.2, 0.25) is 0 Å². The monoisotopic (exact) mass is 373 g/mol. The number of benzene rings is 3. The zero-order valence-electron chi connectivity index (χ0n) is 15.7. The summed E-state index contributed by atoms with van der Waals surface area (Å²) in [6.45, 7) is 1.41. The number of nitrogen functional groups attached to an aromatic ring is 1. The molecule has 0 heterocycles. The molecule has 142 valence electrons. The Morgan fingerprint density at radius 2 is 1.64 bits per heavy atom. The van der Waals surface area contributed by atoms with E-state index < -0.39 is 0 Å². The lowest BCUT2D eigenvalue weighted by molar-refractivity contribution is -0.131. The molecular weight excluding hydrogens is 350 g/mol. The van der Waals surface area contributed by atoms with E-state index in [1.54, 1.807) is 0 Å². The van der Waals surface area contributed by atoms with Crippen LogP contribution in [-0.2, 0) is 4.79 Å². The van der Waals surface area contributed by atoms with Crippen molar-refractivity contribution in [2.24, 2.45) is 0 Å². The Bertz CT molecular complexity index is 998. The van der Waals surface area contributed by atoms with Gasteiger partial charge in [-0.3, -0.25) is 4.79 Å². The lowest BCUT2D eigenvalue weighted by Crippen LogP contribution is -2.05. The molecule has 1 aliphatic carbocycles. The molecule has 1 fully saturated rings. The maximum atomic E-state index is 11.5. The van der Waals surface area contributed by atoms with Gasteiger partial charge in [-0.2, -0.15) is 0 Å². The fourth-order valence-corrected chi connectivity index (χ4v) is 3.14. The Morgan fingerprint density at radius 3 is 2.32 bits per heavy atom. The molecular formula is C23H23N3O2. The van der Waals surface area contributed by atoms with Gasteiger partial charge in [-0.25, -0.2) is 0 Å². The molecule has 0 aliphatic heterocycles. The molecule has 0 radical (unpaired) electrons. The van der Waals surface area contributed by atoms with Crippen molar-refractivity contribution in [3.05, 3.63) is 72.3 Å². The summed E-state index contributed by atoms with van der Waals surface area (Å²) in [6, 6.07) is 21.6. The van der Waals surface area contributed by atoms with Crippen LogP contribution in [0.25, 0.3) is 0 Å². The topological polar surface area (TPSA) is 76.4 Å². The van der Waals surface area contributed by atoms with Crippen molar-refractivity contribution in [2.45, 2.75) is 25.7 Å². The average Bonchev–Trinajstić information content (AvgIpc) is 3.51. The number of anilines is 5. The third-order valence-electron chi connectivity index (χ3n) is 4.69. The van der Waals surface area contributed by atoms with E-state index in [-0.39, 0.29) is 5.97 Å². The Labute approximate surface area is 164 Å². The smallest absolute Gasteiger partial charge is 0.308 e. The first-order valence-corrected chi connectivity index (χ1v) is 9.39. The number of para-hydroxylation sites is 1. The summed E-state index contributed by atoms with van der Waals surface area (Å²) in [5.74, 6) is 0.794. The summed E-state index contributed by atoms with van der Waals surface area (Å²) in [4.78, 5) is 11.5. The molecule has 0 amide bonds. The van der Waals surface area contributed by atoms with Crippen molar-refractivity contribution in [3.63, 3.8) is 0 Å². The highest BCUT2D eigenvalue weighted by Gasteiger charge is 2.24.